The van der Waals surface area contributed by atoms with Gasteiger partial charge in [-0.3, -0.25) is 9.59 Å². The molecule has 7 heteroatoms. The molecule has 0 spiro atoms. The summed E-state index contributed by atoms with van der Waals surface area (Å²) in [6.07, 6.45) is 0. The molecule has 20 heavy (non-hydrogen) atoms. The van der Waals surface area contributed by atoms with E-state index < -0.39 is 5.82 Å². The van der Waals surface area contributed by atoms with Crippen LogP contribution in [0.3, 0.4) is 0 Å². The Labute approximate surface area is 121 Å². The summed E-state index contributed by atoms with van der Waals surface area (Å²) in [5.74, 6) is -0.857. The minimum absolute atomic E-state index is 0.0193. The van der Waals surface area contributed by atoms with Crippen LogP contribution in [0.5, 0.6) is 0 Å². The number of hydrogen-bond donors (Lipinski definition) is 1. The number of hydrogen-bond acceptors (Lipinski definition) is 3. The largest absolute Gasteiger partial charge is 0.389 e. The van der Waals surface area contributed by atoms with Crippen molar-refractivity contribution in [3.63, 3.8) is 0 Å². The molecule has 0 atom stereocenters. The maximum atomic E-state index is 13.9. The Morgan fingerprint density at radius 3 is 2.65 bits per heavy atom. The number of nitrogens with zero attached hydrogens (tertiary/aromatic N) is 2. The van der Waals surface area contributed by atoms with Crippen molar-refractivity contribution in [1.29, 1.82) is 0 Å². The molecule has 0 bridgehead atoms. The van der Waals surface area contributed by atoms with E-state index in [0.717, 1.165) is 0 Å². The molecule has 2 N–H and O–H groups in total. The number of nitrogens with two attached hydrogens (primary N) is 1. The van der Waals surface area contributed by atoms with Crippen molar-refractivity contribution < 1.29 is 14.0 Å². The number of benzene rings is 1. The Kier molecular flexibility index (Phi) is 3.99. The summed E-state index contributed by atoms with van der Waals surface area (Å²) in [5.41, 5.74) is 6.18. The molecule has 0 radical (unpaired) electrons. The summed E-state index contributed by atoms with van der Waals surface area (Å²) >= 11 is 4.77. The van der Waals surface area contributed by atoms with E-state index in [9.17, 15) is 14.0 Å². The van der Waals surface area contributed by atoms with Crippen molar-refractivity contribution in [1.82, 2.24) is 9.80 Å². The predicted octanol–water partition coefficient (Wildman–Crippen LogP) is 0.260. The number of halogens is 1. The molecule has 0 saturated carbocycles. The zero-order valence-corrected chi connectivity index (χ0v) is 11.7. The van der Waals surface area contributed by atoms with Gasteiger partial charge in [0.1, 0.15) is 17.4 Å². The number of piperazine rings is 1. The summed E-state index contributed by atoms with van der Waals surface area (Å²) < 4.78 is 13.9. The van der Waals surface area contributed by atoms with Gasteiger partial charge >= 0.3 is 0 Å². The molecule has 5 nitrogen and oxygen atoms in total. The summed E-state index contributed by atoms with van der Waals surface area (Å²) in [4.78, 5) is 26.2. The minimum atomic E-state index is -0.491. The van der Waals surface area contributed by atoms with Crippen LogP contribution in [0.4, 0.5) is 4.39 Å². The van der Waals surface area contributed by atoms with Crippen LogP contribution in [-0.2, 0) is 16.1 Å². The van der Waals surface area contributed by atoms with Crippen molar-refractivity contribution in [2.24, 2.45) is 5.73 Å². The van der Waals surface area contributed by atoms with Crippen molar-refractivity contribution in [2.45, 2.75) is 6.54 Å². The topological polar surface area (TPSA) is 66.6 Å². The molecule has 0 unspecified atom stereocenters. The quantitative estimate of drug-likeness (QED) is 0.812. The van der Waals surface area contributed by atoms with Crippen molar-refractivity contribution in [3.05, 3.63) is 35.1 Å². The van der Waals surface area contributed by atoms with Crippen LogP contribution in [-0.4, -0.2) is 46.7 Å². The molecule has 1 fully saturated rings. The number of carbonyl (C=O) groups excluding carboxylic acids is 2. The standard InChI is InChI=1S/C13H14FN3O2S/c1-16-6-12(19)17(7-11(16)18)5-9-3-2-8(13(15)20)4-10(9)14/h2-4H,5-7H2,1H3,(H2,15,20). The fourth-order valence-corrected chi connectivity index (χ4v) is 2.07. The summed E-state index contributed by atoms with van der Waals surface area (Å²) in [6.45, 7) is 0.0408. The van der Waals surface area contributed by atoms with Crippen LogP contribution in [0.25, 0.3) is 0 Å². The van der Waals surface area contributed by atoms with E-state index in [1.165, 1.54) is 21.9 Å². The third-order valence-corrected chi connectivity index (χ3v) is 3.41. The molecule has 2 rings (SSSR count). The molecule has 2 amide bonds. The van der Waals surface area contributed by atoms with Crippen LogP contribution in [0.2, 0.25) is 0 Å². The van der Waals surface area contributed by atoms with Gasteiger partial charge in [-0.15, -0.1) is 0 Å². The lowest BCUT2D eigenvalue weighted by atomic mass is 10.1. The first-order valence-electron chi connectivity index (χ1n) is 5.98. The molecule has 1 aliphatic heterocycles. The second-order valence-corrected chi connectivity index (χ2v) is 5.11. The fraction of sp³-hybridized carbons (Fsp3) is 0.308. The van der Waals surface area contributed by atoms with Crippen molar-refractivity contribution in [3.8, 4) is 0 Å². The minimum Gasteiger partial charge on any atom is -0.389 e. The Hall–Kier alpha value is -2.02. The summed E-state index contributed by atoms with van der Waals surface area (Å²) in [7, 11) is 1.56. The lowest BCUT2D eigenvalue weighted by Gasteiger charge is -2.31. The second kappa shape index (κ2) is 5.54. The van der Waals surface area contributed by atoms with Gasteiger partial charge in [0.05, 0.1) is 6.54 Å². The first kappa shape index (κ1) is 14.4. The summed E-state index contributed by atoms with van der Waals surface area (Å²) in [6, 6.07) is 4.36. The van der Waals surface area contributed by atoms with Gasteiger partial charge in [-0.25, -0.2) is 4.39 Å². The molecule has 1 saturated heterocycles. The number of rotatable bonds is 3. The number of amides is 2. The van der Waals surface area contributed by atoms with Gasteiger partial charge in [0.15, 0.2) is 0 Å². The van der Waals surface area contributed by atoms with Gasteiger partial charge in [-0.2, -0.15) is 0 Å². The monoisotopic (exact) mass is 295 g/mol. The maximum absolute atomic E-state index is 13.9. The highest BCUT2D eigenvalue weighted by Gasteiger charge is 2.27. The lowest BCUT2D eigenvalue weighted by Crippen LogP contribution is -2.51. The zero-order chi connectivity index (χ0) is 14.9. The smallest absolute Gasteiger partial charge is 0.242 e. The van der Waals surface area contributed by atoms with E-state index >= 15 is 0 Å². The van der Waals surface area contributed by atoms with Gasteiger partial charge in [0, 0.05) is 24.7 Å². The molecule has 1 aromatic rings. The highest BCUT2D eigenvalue weighted by atomic mass is 32.1. The van der Waals surface area contributed by atoms with E-state index in [1.54, 1.807) is 13.1 Å². The van der Waals surface area contributed by atoms with Crippen LogP contribution < -0.4 is 5.73 Å². The van der Waals surface area contributed by atoms with E-state index in [-0.39, 0.29) is 36.4 Å². The Morgan fingerprint density at radius 2 is 2.05 bits per heavy atom. The highest BCUT2D eigenvalue weighted by molar-refractivity contribution is 7.80. The molecule has 0 aliphatic carbocycles. The Bertz CT molecular complexity index is 591. The molecular formula is C13H14FN3O2S. The van der Waals surface area contributed by atoms with Crippen molar-refractivity contribution >= 4 is 29.0 Å². The second-order valence-electron chi connectivity index (χ2n) is 4.67. The molecule has 0 aromatic heterocycles. The molecule has 106 valence electrons. The summed E-state index contributed by atoms with van der Waals surface area (Å²) in [5, 5.41) is 0. The van der Waals surface area contributed by atoms with Gasteiger partial charge < -0.3 is 15.5 Å². The first-order chi connectivity index (χ1) is 9.38. The number of thiocarbonyl (C=S) groups is 1. The van der Waals surface area contributed by atoms with E-state index in [4.69, 9.17) is 18.0 Å². The van der Waals surface area contributed by atoms with Gasteiger partial charge in [-0.05, 0) is 6.07 Å². The third kappa shape index (κ3) is 2.93. The highest BCUT2D eigenvalue weighted by Crippen LogP contribution is 2.15. The lowest BCUT2D eigenvalue weighted by molar-refractivity contribution is -0.149. The Morgan fingerprint density at radius 1 is 1.35 bits per heavy atom. The average molecular weight is 295 g/mol. The van der Waals surface area contributed by atoms with Crippen LogP contribution in [0.15, 0.2) is 18.2 Å². The normalized spacial score (nSPS) is 15.7. The third-order valence-electron chi connectivity index (χ3n) is 3.18. The maximum Gasteiger partial charge on any atom is 0.242 e. The van der Waals surface area contributed by atoms with Gasteiger partial charge in [0.2, 0.25) is 11.8 Å². The van der Waals surface area contributed by atoms with Crippen LogP contribution in [0, 0.1) is 5.82 Å². The van der Waals surface area contributed by atoms with Gasteiger partial charge in [0.25, 0.3) is 0 Å². The zero-order valence-electron chi connectivity index (χ0n) is 10.9. The first-order valence-corrected chi connectivity index (χ1v) is 6.39. The molecule has 1 aromatic carbocycles. The van der Waals surface area contributed by atoms with E-state index in [2.05, 4.69) is 0 Å². The van der Waals surface area contributed by atoms with E-state index in [1.807, 2.05) is 0 Å². The predicted molar refractivity (Wildman–Crippen MR) is 75.3 cm³/mol. The van der Waals surface area contributed by atoms with Gasteiger partial charge in [-0.1, -0.05) is 24.4 Å². The fourth-order valence-electron chi connectivity index (χ4n) is 1.94. The SMILES string of the molecule is CN1CC(=O)N(Cc2ccc(C(N)=S)cc2F)CC1=O. The number of likely N-dealkylation sites (N-methyl/N-ethyl adjacent to an activating group) is 1. The average Bonchev–Trinajstić information content (AvgIpc) is 2.37. The Balaban J connectivity index is 2.16. The van der Waals surface area contributed by atoms with Crippen molar-refractivity contribution in [2.75, 3.05) is 20.1 Å². The molecular weight excluding hydrogens is 281 g/mol. The van der Waals surface area contributed by atoms with E-state index in [0.29, 0.717) is 11.1 Å². The molecule has 1 heterocycles. The van der Waals surface area contributed by atoms with Crippen LogP contribution >= 0.6 is 12.2 Å². The number of carbonyl (C=O) groups is 2. The molecule has 1 aliphatic rings. The van der Waals surface area contributed by atoms with Crippen LogP contribution in [0.1, 0.15) is 11.1 Å².